The number of rotatable bonds is 12. The van der Waals surface area contributed by atoms with Crippen LogP contribution in [-0.4, -0.2) is 24.7 Å². The zero-order valence-electron chi connectivity index (χ0n) is 23.1. The van der Waals surface area contributed by atoms with E-state index in [2.05, 4.69) is 72.9 Å². The zero-order valence-corrected chi connectivity index (χ0v) is 23.1. The Morgan fingerprint density at radius 1 is 1.22 bits per heavy atom. The van der Waals surface area contributed by atoms with Crippen molar-refractivity contribution in [3.63, 3.8) is 0 Å². The number of nitrogens with one attached hydrogen (secondary N) is 3. The summed E-state index contributed by atoms with van der Waals surface area (Å²) in [4.78, 5) is 16.7. The van der Waals surface area contributed by atoms with E-state index in [4.69, 9.17) is 4.74 Å². The number of anilines is 1. The van der Waals surface area contributed by atoms with Gasteiger partial charge in [0.05, 0.1) is 18.8 Å². The molecule has 6 heteroatoms. The van der Waals surface area contributed by atoms with Crippen molar-refractivity contribution < 1.29 is 9.53 Å². The third kappa shape index (κ3) is 8.96. The van der Waals surface area contributed by atoms with E-state index in [-0.39, 0.29) is 12.1 Å². The topological polar surface area (TPSA) is 75.3 Å². The molecule has 1 aliphatic carbocycles. The van der Waals surface area contributed by atoms with Gasteiger partial charge in [-0.05, 0) is 72.4 Å². The molecule has 6 nitrogen and oxygen atoms in total. The number of amides is 2. The highest BCUT2D eigenvalue weighted by molar-refractivity contribution is 5.91. The summed E-state index contributed by atoms with van der Waals surface area (Å²) >= 11 is 0. The zero-order chi connectivity index (χ0) is 26.6. The van der Waals surface area contributed by atoms with Gasteiger partial charge in [0.1, 0.15) is 5.75 Å². The maximum Gasteiger partial charge on any atom is 0.319 e. The van der Waals surface area contributed by atoms with Gasteiger partial charge >= 0.3 is 6.03 Å². The van der Waals surface area contributed by atoms with Crippen LogP contribution in [0.3, 0.4) is 0 Å². The number of urea groups is 1. The second-order valence-corrected chi connectivity index (χ2v) is 10.4. The first-order chi connectivity index (χ1) is 17.9. The molecule has 37 heavy (non-hydrogen) atoms. The Hall–Kier alpha value is -3.28. The van der Waals surface area contributed by atoms with Crippen LogP contribution in [0.2, 0.25) is 0 Å². The number of carbonyl (C=O) groups is 1. The van der Waals surface area contributed by atoms with Crippen LogP contribution in [0.1, 0.15) is 83.4 Å². The van der Waals surface area contributed by atoms with Crippen molar-refractivity contribution in [3.8, 4) is 5.75 Å². The lowest BCUT2D eigenvalue weighted by Crippen LogP contribution is -2.29. The molecular formula is C31H44N4O2. The lowest BCUT2D eigenvalue weighted by molar-refractivity contribution is 0.251. The number of methoxy groups -OCH3 is 1. The van der Waals surface area contributed by atoms with Gasteiger partial charge in [0.15, 0.2) is 0 Å². The Morgan fingerprint density at radius 3 is 2.76 bits per heavy atom. The normalized spacial score (nSPS) is 16.3. The van der Waals surface area contributed by atoms with Crippen LogP contribution in [0, 0.1) is 11.8 Å². The van der Waals surface area contributed by atoms with Crippen LogP contribution in [0.4, 0.5) is 10.5 Å². The predicted molar refractivity (Wildman–Crippen MR) is 154 cm³/mol. The lowest BCUT2D eigenvalue weighted by atomic mass is 9.95. The molecule has 1 heterocycles. The molecule has 200 valence electrons. The van der Waals surface area contributed by atoms with Gasteiger partial charge in [-0.25, -0.2) is 4.79 Å². The summed E-state index contributed by atoms with van der Waals surface area (Å²) in [7, 11) is 1.64. The van der Waals surface area contributed by atoms with Crippen molar-refractivity contribution in [1.29, 1.82) is 0 Å². The monoisotopic (exact) mass is 504 g/mol. The third-order valence-corrected chi connectivity index (χ3v) is 6.68. The summed E-state index contributed by atoms with van der Waals surface area (Å²) in [5.41, 5.74) is 5.57. The van der Waals surface area contributed by atoms with Gasteiger partial charge in [0.25, 0.3) is 0 Å². The van der Waals surface area contributed by atoms with Crippen molar-refractivity contribution in [3.05, 3.63) is 71.7 Å². The van der Waals surface area contributed by atoms with E-state index in [9.17, 15) is 4.79 Å². The Bertz CT molecular complexity index is 1060. The minimum absolute atomic E-state index is 0.202. The van der Waals surface area contributed by atoms with E-state index in [1.54, 1.807) is 7.11 Å². The number of carbonyl (C=O) groups excluding carboxylic acids is 1. The lowest BCUT2D eigenvalue weighted by Gasteiger charge is -2.21. The number of allylic oxidation sites excluding steroid dienone is 3. The second-order valence-electron chi connectivity index (χ2n) is 10.4. The van der Waals surface area contributed by atoms with Crippen molar-refractivity contribution in [2.45, 2.75) is 72.3 Å². The minimum atomic E-state index is -0.202. The summed E-state index contributed by atoms with van der Waals surface area (Å²) in [5.74, 6) is 1.70. The molecule has 1 aliphatic rings. The van der Waals surface area contributed by atoms with Crippen LogP contribution in [-0.2, 0) is 0 Å². The molecule has 1 aromatic heterocycles. The Labute approximate surface area is 223 Å². The fourth-order valence-electron chi connectivity index (χ4n) is 4.77. The number of benzene rings is 1. The van der Waals surface area contributed by atoms with Crippen LogP contribution in [0.5, 0.6) is 5.75 Å². The molecule has 2 unspecified atom stereocenters. The Balaban J connectivity index is 1.67. The first-order valence-corrected chi connectivity index (χ1v) is 13.7. The van der Waals surface area contributed by atoms with E-state index in [0.29, 0.717) is 29.8 Å². The standard InChI is InChI=1S/C31H44N4O2/c1-6-9-28(26-11-8-16-32-21-26)34-27-14-12-24(18-23(4)19-27)25-13-15-29(30(20-25)37-5)35-31(36)33-17-7-10-22(2)3/h8,11-13,15-16,19-23,28,34H,6-7,9-10,14,17-18H2,1-5H3,(H2,33,35,36). The molecule has 3 N–H and O–H groups in total. The average molecular weight is 505 g/mol. The number of hydrogen-bond donors (Lipinski definition) is 3. The van der Waals surface area contributed by atoms with Crippen LogP contribution < -0.4 is 20.7 Å². The molecule has 0 spiro atoms. The fraction of sp³-hybridized carbons (Fsp3) is 0.484. The second kappa shape index (κ2) is 14.5. The van der Waals surface area contributed by atoms with E-state index >= 15 is 0 Å². The maximum absolute atomic E-state index is 12.4. The van der Waals surface area contributed by atoms with Gasteiger partial charge in [0, 0.05) is 31.1 Å². The van der Waals surface area contributed by atoms with Crippen LogP contribution in [0.25, 0.3) is 5.57 Å². The van der Waals surface area contributed by atoms with E-state index in [0.717, 1.165) is 44.1 Å². The number of nitrogens with zero attached hydrogens (tertiary/aromatic N) is 1. The van der Waals surface area contributed by atoms with Crippen molar-refractivity contribution >= 4 is 17.3 Å². The van der Waals surface area contributed by atoms with Crippen LogP contribution in [0.15, 0.2) is 60.6 Å². The first-order valence-electron chi connectivity index (χ1n) is 13.7. The maximum atomic E-state index is 12.4. The molecule has 0 saturated heterocycles. The van der Waals surface area contributed by atoms with Crippen molar-refractivity contribution in [2.24, 2.45) is 11.8 Å². The quantitative estimate of drug-likeness (QED) is 0.262. The van der Waals surface area contributed by atoms with E-state index in [1.165, 1.54) is 16.8 Å². The molecule has 2 atom stereocenters. The SMILES string of the molecule is CCCC(NC1=CC(C)CC(c2ccc(NC(=O)NCCCC(C)C)c(OC)c2)=CC1)c1cccnc1. The van der Waals surface area contributed by atoms with Gasteiger partial charge in [-0.2, -0.15) is 0 Å². The molecule has 2 amide bonds. The van der Waals surface area contributed by atoms with Gasteiger partial charge in [-0.3, -0.25) is 4.98 Å². The number of pyridine rings is 1. The highest BCUT2D eigenvalue weighted by atomic mass is 16.5. The molecule has 2 aromatic rings. The Kier molecular flexibility index (Phi) is 11.1. The van der Waals surface area contributed by atoms with Gasteiger partial charge in [-0.1, -0.05) is 58.4 Å². The summed E-state index contributed by atoms with van der Waals surface area (Å²) in [6, 6.07) is 10.2. The third-order valence-electron chi connectivity index (χ3n) is 6.68. The summed E-state index contributed by atoms with van der Waals surface area (Å²) in [6.45, 7) is 9.52. The van der Waals surface area contributed by atoms with Gasteiger partial charge in [-0.15, -0.1) is 0 Å². The molecule has 0 aliphatic heterocycles. The number of hydrogen-bond acceptors (Lipinski definition) is 4. The molecule has 1 aromatic carbocycles. The molecular weight excluding hydrogens is 460 g/mol. The van der Waals surface area contributed by atoms with Crippen molar-refractivity contribution in [1.82, 2.24) is 15.6 Å². The molecule has 0 radical (unpaired) electrons. The van der Waals surface area contributed by atoms with Gasteiger partial charge < -0.3 is 20.7 Å². The smallest absolute Gasteiger partial charge is 0.319 e. The average Bonchev–Trinajstić information content (AvgIpc) is 3.07. The largest absolute Gasteiger partial charge is 0.495 e. The Morgan fingerprint density at radius 2 is 2.05 bits per heavy atom. The molecule has 0 saturated carbocycles. The fourth-order valence-corrected chi connectivity index (χ4v) is 4.77. The predicted octanol–water partition coefficient (Wildman–Crippen LogP) is 7.48. The summed E-state index contributed by atoms with van der Waals surface area (Å²) in [6.07, 6.45) is 14.5. The summed E-state index contributed by atoms with van der Waals surface area (Å²) in [5, 5.41) is 9.67. The highest BCUT2D eigenvalue weighted by Gasteiger charge is 2.17. The molecule has 0 fully saturated rings. The van der Waals surface area contributed by atoms with Gasteiger partial charge in [0.2, 0.25) is 0 Å². The molecule has 0 bridgehead atoms. The first kappa shape index (κ1) is 28.3. The van der Waals surface area contributed by atoms with Crippen molar-refractivity contribution in [2.75, 3.05) is 19.0 Å². The minimum Gasteiger partial charge on any atom is -0.495 e. The molecule has 3 rings (SSSR count). The van der Waals surface area contributed by atoms with Crippen LogP contribution >= 0.6 is 0 Å². The van der Waals surface area contributed by atoms with E-state index in [1.807, 2.05) is 30.6 Å². The number of aromatic nitrogens is 1. The highest BCUT2D eigenvalue weighted by Crippen LogP contribution is 2.34. The summed E-state index contributed by atoms with van der Waals surface area (Å²) < 4.78 is 5.64. The van der Waals surface area contributed by atoms with E-state index < -0.39 is 0 Å². The number of ether oxygens (including phenoxy) is 1.